The molecule has 0 amide bonds. The number of esters is 1. The van der Waals surface area contributed by atoms with Crippen molar-refractivity contribution in [2.75, 3.05) is 7.11 Å². The van der Waals surface area contributed by atoms with E-state index in [0.29, 0.717) is 6.42 Å². The second-order valence-corrected chi connectivity index (χ2v) is 4.56. The van der Waals surface area contributed by atoms with Crippen molar-refractivity contribution in [2.24, 2.45) is 5.41 Å². The third-order valence-electron chi connectivity index (χ3n) is 3.80. The summed E-state index contributed by atoms with van der Waals surface area (Å²) in [6.07, 6.45) is 0.346. The van der Waals surface area contributed by atoms with Crippen LogP contribution in [0.2, 0.25) is 5.31 Å². The van der Waals surface area contributed by atoms with E-state index in [4.69, 9.17) is 0 Å². The van der Waals surface area contributed by atoms with E-state index in [0.717, 1.165) is 0 Å². The predicted molar refractivity (Wildman–Crippen MR) is 44.7 cm³/mol. The summed E-state index contributed by atoms with van der Waals surface area (Å²) in [4.78, 5) is 11.3. The standard InChI is InChI=1S/C8H11BF3O2/c1-14-6(13)7-2-3-8(4-7,5-7)9(10,11)12/h2-5H2,1H3/q-1. The molecule has 0 unspecified atom stereocenters. The number of hydrogen-bond donors (Lipinski definition) is 0. The Hall–Kier alpha value is -0.675. The molecule has 0 aromatic carbocycles. The molecule has 14 heavy (non-hydrogen) atoms. The van der Waals surface area contributed by atoms with Crippen LogP contribution in [-0.4, -0.2) is 20.1 Å². The maximum Gasteiger partial charge on any atom is 0.484 e. The van der Waals surface area contributed by atoms with Crippen molar-refractivity contribution in [3.05, 3.63) is 0 Å². The van der Waals surface area contributed by atoms with Gasteiger partial charge < -0.3 is 17.7 Å². The number of carbonyl (C=O) groups excluding carboxylic acids is 1. The van der Waals surface area contributed by atoms with Crippen LogP contribution in [0.5, 0.6) is 0 Å². The molecule has 3 aliphatic carbocycles. The highest BCUT2D eigenvalue weighted by atomic mass is 19.4. The number of carbonyl (C=O) groups is 1. The molecule has 0 radical (unpaired) electrons. The maximum atomic E-state index is 12.6. The lowest BCUT2D eigenvalue weighted by Crippen LogP contribution is -2.49. The van der Waals surface area contributed by atoms with Crippen molar-refractivity contribution < 1.29 is 22.5 Å². The van der Waals surface area contributed by atoms with Crippen molar-refractivity contribution in [3.63, 3.8) is 0 Å². The number of fused-ring (bicyclic) bond motifs is 1. The van der Waals surface area contributed by atoms with Crippen LogP contribution in [-0.2, 0) is 9.53 Å². The van der Waals surface area contributed by atoms with Gasteiger partial charge in [-0.25, -0.2) is 0 Å². The number of rotatable bonds is 2. The van der Waals surface area contributed by atoms with Crippen LogP contribution in [0.3, 0.4) is 0 Å². The van der Waals surface area contributed by atoms with Crippen molar-refractivity contribution >= 4 is 12.9 Å². The minimum Gasteiger partial charge on any atom is -0.469 e. The number of hydrogen-bond acceptors (Lipinski definition) is 2. The molecule has 0 spiro atoms. The summed E-state index contributed by atoms with van der Waals surface area (Å²) >= 11 is 0. The quantitative estimate of drug-likeness (QED) is 0.513. The summed E-state index contributed by atoms with van der Waals surface area (Å²) in [5.74, 6) is -0.467. The van der Waals surface area contributed by atoms with E-state index in [9.17, 15) is 17.7 Å². The normalized spacial score (nSPS) is 40.6. The summed E-state index contributed by atoms with van der Waals surface area (Å²) in [5.41, 5.74) is -0.800. The molecule has 0 saturated heterocycles. The van der Waals surface area contributed by atoms with Crippen LogP contribution in [0.15, 0.2) is 0 Å². The van der Waals surface area contributed by atoms with Crippen molar-refractivity contribution in [1.82, 2.24) is 0 Å². The van der Waals surface area contributed by atoms with Gasteiger partial charge in [0, 0.05) is 0 Å². The summed E-state index contributed by atoms with van der Waals surface area (Å²) in [5, 5.41) is -1.52. The monoisotopic (exact) mass is 207 g/mol. The van der Waals surface area contributed by atoms with Gasteiger partial charge in [0.25, 0.3) is 0 Å². The van der Waals surface area contributed by atoms with E-state index in [2.05, 4.69) is 4.74 Å². The van der Waals surface area contributed by atoms with Crippen LogP contribution < -0.4 is 0 Å². The third kappa shape index (κ3) is 0.967. The number of ether oxygens (including phenoxy) is 1. The first-order chi connectivity index (χ1) is 6.35. The summed E-state index contributed by atoms with van der Waals surface area (Å²) in [6.45, 7) is -4.81. The number of methoxy groups -OCH3 is 1. The lowest BCUT2D eigenvalue weighted by molar-refractivity contribution is -0.157. The maximum absolute atomic E-state index is 12.6. The van der Waals surface area contributed by atoms with E-state index in [1.807, 2.05) is 0 Å². The molecule has 3 saturated carbocycles. The Kier molecular flexibility index (Phi) is 1.74. The highest BCUT2D eigenvalue weighted by molar-refractivity contribution is 6.62. The molecule has 0 atom stereocenters. The Bertz CT molecular complexity index is 281. The molecule has 0 aromatic rings. The summed E-state index contributed by atoms with van der Waals surface area (Å²) in [6, 6.07) is 0. The Labute approximate surface area is 79.9 Å². The van der Waals surface area contributed by atoms with Gasteiger partial charge in [0.1, 0.15) is 0 Å². The van der Waals surface area contributed by atoms with Gasteiger partial charge in [0.2, 0.25) is 0 Å². The first-order valence-electron chi connectivity index (χ1n) is 4.63. The smallest absolute Gasteiger partial charge is 0.469 e. The molecule has 6 heteroatoms. The largest absolute Gasteiger partial charge is 0.484 e. The molecular formula is C8H11BF3O2-. The average Bonchev–Trinajstić information content (AvgIpc) is 2.55. The molecule has 3 aliphatic rings. The minimum atomic E-state index is -4.81. The first kappa shape index (κ1) is 9.86. The molecule has 3 rings (SSSR count). The zero-order valence-corrected chi connectivity index (χ0v) is 7.86. The second kappa shape index (κ2) is 2.46. The Morgan fingerprint density at radius 3 is 2.21 bits per heavy atom. The van der Waals surface area contributed by atoms with Gasteiger partial charge in [-0.15, -0.1) is 0 Å². The molecule has 0 aromatic heterocycles. The van der Waals surface area contributed by atoms with Gasteiger partial charge in [-0.2, -0.15) is 0 Å². The lowest BCUT2D eigenvalue weighted by atomic mass is 9.44. The summed E-state index contributed by atoms with van der Waals surface area (Å²) in [7, 11) is 1.23. The molecule has 3 fully saturated rings. The Morgan fingerprint density at radius 2 is 1.86 bits per heavy atom. The average molecular weight is 207 g/mol. The predicted octanol–water partition coefficient (Wildman–Crippen LogP) is 2.32. The highest BCUT2D eigenvalue weighted by Gasteiger charge is 2.70. The van der Waals surface area contributed by atoms with Gasteiger partial charge in [0.15, 0.2) is 0 Å². The zero-order valence-electron chi connectivity index (χ0n) is 7.86. The van der Waals surface area contributed by atoms with Crippen LogP contribution >= 0.6 is 0 Å². The van der Waals surface area contributed by atoms with Crippen molar-refractivity contribution in [2.45, 2.75) is 31.0 Å². The van der Waals surface area contributed by atoms with Crippen LogP contribution in [0, 0.1) is 5.41 Å². The fourth-order valence-corrected chi connectivity index (χ4v) is 3.00. The minimum absolute atomic E-state index is 0.0455. The Morgan fingerprint density at radius 1 is 1.29 bits per heavy atom. The van der Waals surface area contributed by atoms with Crippen LogP contribution in [0.1, 0.15) is 25.7 Å². The van der Waals surface area contributed by atoms with Crippen LogP contribution in [0.25, 0.3) is 0 Å². The SMILES string of the molecule is COC(=O)C12CCC([B-](F)(F)F)(C1)C2. The molecule has 80 valence electrons. The third-order valence-corrected chi connectivity index (χ3v) is 3.80. The van der Waals surface area contributed by atoms with E-state index in [1.165, 1.54) is 7.11 Å². The second-order valence-electron chi connectivity index (χ2n) is 4.56. The van der Waals surface area contributed by atoms with Gasteiger partial charge >= 0.3 is 12.9 Å². The van der Waals surface area contributed by atoms with E-state index in [-0.39, 0.29) is 19.3 Å². The fraction of sp³-hybridized carbons (Fsp3) is 0.875. The number of halogens is 3. The summed E-state index contributed by atoms with van der Waals surface area (Å²) < 4.78 is 42.4. The van der Waals surface area contributed by atoms with Gasteiger partial charge in [-0.3, -0.25) is 4.79 Å². The first-order valence-corrected chi connectivity index (χ1v) is 4.63. The zero-order chi connectivity index (χ0) is 10.6. The molecule has 2 bridgehead atoms. The molecular weight excluding hydrogens is 196 g/mol. The van der Waals surface area contributed by atoms with E-state index < -0.39 is 23.7 Å². The molecule has 2 nitrogen and oxygen atoms in total. The highest BCUT2D eigenvalue weighted by Crippen LogP contribution is 2.76. The van der Waals surface area contributed by atoms with Gasteiger partial charge in [-0.05, 0) is 6.42 Å². The molecule has 0 N–H and O–H groups in total. The lowest BCUT2D eigenvalue weighted by Gasteiger charge is -2.51. The van der Waals surface area contributed by atoms with E-state index >= 15 is 0 Å². The molecule has 0 heterocycles. The fourth-order valence-electron chi connectivity index (χ4n) is 3.00. The van der Waals surface area contributed by atoms with Crippen molar-refractivity contribution in [3.8, 4) is 0 Å². The Balaban J connectivity index is 2.15. The molecule has 0 aliphatic heterocycles. The van der Waals surface area contributed by atoms with Crippen molar-refractivity contribution in [1.29, 1.82) is 0 Å². The topological polar surface area (TPSA) is 26.3 Å². The van der Waals surface area contributed by atoms with Gasteiger partial charge in [0.05, 0.1) is 12.5 Å². The van der Waals surface area contributed by atoms with Crippen LogP contribution in [0.4, 0.5) is 12.9 Å². The van der Waals surface area contributed by atoms with Gasteiger partial charge in [-0.1, -0.05) is 24.6 Å². The van der Waals surface area contributed by atoms with E-state index in [1.54, 1.807) is 0 Å².